The van der Waals surface area contributed by atoms with Crippen LogP contribution in [0.2, 0.25) is 0 Å². The Morgan fingerprint density at radius 2 is 2.14 bits per heavy atom. The molecular formula is C14H15N3O2S2. The highest BCUT2D eigenvalue weighted by Gasteiger charge is 2.18. The van der Waals surface area contributed by atoms with Crippen molar-refractivity contribution in [1.29, 1.82) is 0 Å². The lowest BCUT2D eigenvalue weighted by Crippen LogP contribution is -2.25. The summed E-state index contributed by atoms with van der Waals surface area (Å²) in [5, 5.41) is 2.63. The molecule has 5 nitrogen and oxygen atoms in total. The van der Waals surface area contributed by atoms with Crippen LogP contribution in [0, 0.1) is 0 Å². The van der Waals surface area contributed by atoms with Crippen LogP contribution in [0.1, 0.15) is 4.88 Å². The highest BCUT2D eigenvalue weighted by Crippen LogP contribution is 2.24. The standard InChI is InChI=1S/C14H15N3O2S2/c15-10-3-4-12-13(8-10)16-9-14(12)21(18,19)17-6-5-11-2-1-7-20-11/h1-4,7-9,16-17H,5-6,15H2. The van der Waals surface area contributed by atoms with Gasteiger partial charge >= 0.3 is 0 Å². The smallest absolute Gasteiger partial charge is 0.242 e. The van der Waals surface area contributed by atoms with Gasteiger partial charge in [-0.1, -0.05) is 6.07 Å². The van der Waals surface area contributed by atoms with Crippen molar-refractivity contribution in [3.63, 3.8) is 0 Å². The van der Waals surface area contributed by atoms with Crippen LogP contribution in [0.4, 0.5) is 5.69 Å². The van der Waals surface area contributed by atoms with Crippen LogP contribution in [0.5, 0.6) is 0 Å². The molecule has 21 heavy (non-hydrogen) atoms. The fourth-order valence-electron chi connectivity index (χ4n) is 2.18. The van der Waals surface area contributed by atoms with Crippen LogP contribution in [-0.4, -0.2) is 19.9 Å². The molecule has 4 N–H and O–H groups in total. The highest BCUT2D eigenvalue weighted by molar-refractivity contribution is 7.89. The summed E-state index contributed by atoms with van der Waals surface area (Å²) in [6.07, 6.45) is 2.18. The second-order valence-electron chi connectivity index (χ2n) is 4.69. The SMILES string of the molecule is Nc1ccc2c(S(=O)(=O)NCCc3cccs3)c[nH]c2c1. The lowest BCUT2D eigenvalue weighted by Gasteiger charge is -2.05. The second-order valence-corrected chi connectivity index (χ2v) is 7.45. The minimum Gasteiger partial charge on any atom is -0.399 e. The molecule has 0 aliphatic heterocycles. The molecule has 0 saturated heterocycles. The Kier molecular flexibility index (Phi) is 3.71. The molecule has 0 amide bonds. The van der Waals surface area contributed by atoms with Crippen molar-refractivity contribution < 1.29 is 8.42 Å². The average Bonchev–Trinajstić information content (AvgIpc) is 3.06. The van der Waals surface area contributed by atoms with Crippen molar-refractivity contribution in [2.75, 3.05) is 12.3 Å². The molecule has 3 rings (SSSR count). The van der Waals surface area contributed by atoms with E-state index in [1.807, 2.05) is 17.5 Å². The topological polar surface area (TPSA) is 88.0 Å². The van der Waals surface area contributed by atoms with Crippen LogP contribution in [0.3, 0.4) is 0 Å². The molecule has 110 valence electrons. The number of aromatic amines is 1. The molecule has 0 aliphatic carbocycles. The van der Waals surface area contributed by atoms with Crippen molar-refractivity contribution in [1.82, 2.24) is 9.71 Å². The summed E-state index contributed by atoms with van der Waals surface area (Å²) in [4.78, 5) is 4.35. The third-order valence-electron chi connectivity index (χ3n) is 3.20. The summed E-state index contributed by atoms with van der Waals surface area (Å²) >= 11 is 1.62. The zero-order valence-electron chi connectivity index (χ0n) is 11.2. The number of benzene rings is 1. The van der Waals surface area contributed by atoms with Gasteiger partial charge < -0.3 is 10.7 Å². The molecule has 0 bridgehead atoms. The van der Waals surface area contributed by atoms with Crippen molar-refractivity contribution in [3.05, 3.63) is 46.8 Å². The highest BCUT2D eigenvalue weighted by atomic mass is 32.2. The van der Waals surface area contributed by atoms with E-state index in [9.17, 15) is 8.42 Å². The summed E-state index contributed by atoms with van der Waals surface area (Å²) in [6.45, 7) is 0.379. The quantitative estimate of drug-likeness (QED) is 0.630. The van der Waals surface area contributed by atoms with Gasteiger partial charge in [-0.05, 0) is 36.1 Å². The van der Waals surface area contributed by atoms with Crippen molar-refractivity contribution in [3.8, 4) is 0 Å². The average molecular weight is 321 g/mol. The minimum absolute atomic E-state index is 0.253. The Morgan fingerprint density at radius 3 is 2.90 bits per heavy atom. The minimum atomic E-state index is -3.53. The molecular weight excluding hydrogens is 306 g/mol. The molecule has 0 atom stereocenters. The second kappa shape index (κ2) is 5.51. The van der Waals surface area contributed by atoms with Crippen molar-refractivity contribution in [2.45, 2.75) is 11.3 Å². The summed E-state index contributed by atoms with van der Waals surface area (Å²) in [7, 11) is -3.53. The Morgan fingerprint density at radius 1 is 1.29 bits per heavy atom. The van der Waals surface area contributed by atoms with E-state index < -0.39 is 10.0 Å². The van der Waals surface area contributed by atoms with Crippen molar-refractivity contribution in [2.24, 2.45) is 0 Å². The summed E-state index contributed by atoms with van der Waals surface area (Å²) in [6, 6.07) is 9.09. The molecule has 3 aromatic rings. The van der Waals surface area contributed by atoms with Gasteiger partial charge in [-0.25, -0.2) is 13.1 Å². The Bertz CT molecular complexity index is 852. The van der Waals surface area contributed by atoms with Gasteiger partial charge in [0.05, 0.1) is 0 Å². The zero-order valence-corrected chi connectivity index (χ0v) is 12.8. The maximum Gasteiger partial charge on any atom is 0.242 e. The van der Waals surface area contributed by atoms with Gasteiger partial charge in [0.1, 0.15) is 4.90 Å². The maximum atomic E-state index is 12.4. The third kappa shape index (κ3) is 2.94. The maximum absolute atomic E-state index is 12.4. The first-order valence-corrected chi connectivity index (χ1v) is 8.81. The number of nitrogen functional groups attached to an aromatic ring is 1. The zero-order chi connectivity index (χ0) is 14.9. The monoisotopic (exact) mass is 321 g/mol. The van der Waals surface area contributed by atoms with Crippen LogP contribution in [-0.2, 0) is 16.4 Å². The lowest BCUT2D eigenvalue weighted by molar-refractivity contribution is 0.583. The number of H-pyrrole nitrogens is 1. The predicted octanol–water partition coefficient (Wildman–Crippen LogP) is 2.33. The molecule has 0 aliphatic rings. The number of aromatic nitrogens is 1. The first kappa shape index (κ1) is 14.1. The molecule has 0 saturated carbocycles. The van der Waals surface area contributed by atoms with E-state index in [1.54, 1.807) is 29.5 Å². The van der Waals surface area contributed by atoms with Gasteiger partial charge in [0.15, 0.2) is 0 Å². The van der Waals surface area contributed by atoms with E-state index in [1.165, 1.54) is 6.20 Å². The van der Waals surface area contributed by atoms with E-state index >= 15 is 0 Å². The van der Waals surface area contributed by atoms with E-state index in [0.29, 0.717) is 29.6 Å². The number of thiophene rings is 1. The molecule has 0 spiro atoms. The fourth-order valence-corrected chi connectivity index (χ4v) is 4.10. The normalized spacial score (nSPS) is 12.0. The number of fused-ring (bicyclic) bond motifs is 1. The Labute approximate surface area is 126 Å². The molecule has 0 unspecified atom stereocenters. The van der Waals surface area contributed by atoms with E-state index in [2.05, 4.69) is 9.71 Å². The summed E-state index contributed by atoms with van der Waals surface area (Å²) in [5.41, 5.74) is 7.01. The molecule has 1 aromatic carbocycles. The Hall–Kier alpha value is -1.83. The molecule has 2 heterocycles. The van der Waals surface area contributed by atoms with Gasteiger partial charge in [0.25, 0.3) is 0 Å². The number of hydrogen-bond acceptors (Lipinski definition) is 4. The van der Waals surface area contributed by atoms with Crippen LogP contribution in [0.15, 0.2) is 46.8 Å². The van der Waals surface area contributed by atoms with E-state index in [-0.39, 0.29) is 4.90 Å². The number of nitrogens with one attached hydrogen (secondary N) is 2. The van der Waals surface area contributed by atoms with Crippen molar-refractivity contribution >= 4 is 38.0 Å². The first-order chi connectivity index (χ1) is 10.1. The van der Waals surface area contributed by atoms with Crippen LogP contribution >= 0.6 is 11.3 Å². The first-order valence-electron chi connectivity index (χ1n) is 6.45. The third-order valence-corrected chi connectivity index (χ3v) is 5.64. The predicted molar refractivity (Wildman–Crippen MR) is 85.9 cm³/mol. The van der Waals surface area contributed by atoms with Crippen LogP contribution < -0.4 is 10.5 Å². The molecule has 7 heteroatoms. The summed E-state index contributed by atoms with van der Waals surface area (Å²) in [5.74, 6) is 0. The molecule has 0 radical (unpaired) electrons. The fraction of sp³-hybridized carbons (Fsp3) is 0.143. The van der Waals surface area contributed by atoms with Crippen LogP contribution in [0.25, 0.3) is 10.9 Å². The van der Waals surface area contributed by atoms with Gasteiger partial charge in [-0.3, -0.25) is 0 Å². The number of rotatable bonds is 5. The molecule has 2 aromatic heterocycles. The number of sulfonamides is 1. The molecule has 0 fully saturated rings. The number of anilines is 1. The van der Waals surface area contributed by atoms with Gasteiger partial charge in [0, 0.05) is 34.2 Å². The summed E-state index contributed by atoms with van der Waals surface area (Å²) < 4.78 is 27.4. The van der Waals surface area contributed by atoms with E-state index in [0.717, 1.165) is 4.88 Å². The lowest BCUT2D eigenvalue weighted by atomic mass is 10.2. The number of nitrogens with two attached hydrogens (primary N) is 1. The van der Waals surface area contributed by atoms with Gasteiger partial charge in [-0.2, -0.15) is 0 Å². The van der Waals surface area contributed by atoms with E-state index in [4.69, 9.17) is 5.73 Å². The van der Waals surface area contributed by atoms with Gasteiger partial charge in [-0.15, -0.1) is 11.3 Å². The van der Waals surface area contributed by atoms with Gasteiger partial charge in [0.2, 0.25) is 10.0 Å². The largest absolute Gasteiger partial charge is 0.399 e. The number of hydrogen-bond donors (Lipinski definition) is 3. The Balaban J connectivity index is 1.80.